The molecule has 0 aliphatic heterocycles. The van der Waals surface area contributed by atoms with E-state index in [1.54, 1.807) is 0 Å². The number of phenols is 2. The Morgan fingerprint density at radius 2 is 1.18 bits per heavy atom. The predicted octanol–water partition coefficient (Wildman–Crippen LogP) is 7.51. The minimum absolute atomic E-state index is 0. The van der Waals surface area contributed by atoms with Crippen LogP contribution in [-0.4, -0.2) is 46.2 Å². The number of rotatable bonds is 12. The quantitative estimate of drug-likeness (QED) is 0.216. The third-order valence-corrected chi connectivity index (χ3v) is 10.7. The number of hydrogen-bond donors (Lipinski definition) is 2. The molecular formula is C41H60CoN2O6. The summed E-state index contributed by atoms with van der Waals surface area (Å²) < 4.78 is 0. The zero-order chi connectivity index (χ0) is 37.1. The van der Waals surface area contributed by atoms with Gasteiger partial charge in [0.2, 0.25) is 0 Å². The SMILES string of the molecule is CC(=O)[O-].CC(=O)[O-].CCC(C)c1cc(C=NC2CC3CCC2(N=Cc2cc(C(C)CC)cc(C(C)CC)c2O)C3)c(O)c(C(C)CC)c1.[Co+2]. The van der Waals surface area contributed by atoms with Crippen LogP contribution in [0.1, 0.15) is 178 Å². The van der Waals surface area contributed by atoms with Crippen LogP contribution >= 0.6 is 0 Å². The molecule has 2 N–H and O–H groups in total. The molecule has 2 saturated carbocycles. The molecule has 0 saturated heterocycles. The molecule has 0 heterocycles. The van der Waals surface area contributed by atoms with Crippen LogP contribution in [-0.2, 0) is 26.4 Å². The monoisotopic (exact) mass is 735 g/mol. The van der Waals surface area contributed by atoms with Gasteiger partial charge in [-0.05, 0) is 129 Å². The predicted molar refractivity (Wildman–Crippen MR) is 196 cm³/mol. The number of benzene rings is 2. The Bertz CT molecular complexity index is 1450. The molecule has 9 heteroatoms. The van der Waals surface area contributed by atoms with Gasteiger partial charge in [0.05, 0.1) is 11.6 Å². The molecule has 2 aliphatic carbocycles. The van der Waals surface area contributed by atoms with Gasteiger partial charge in [-0.15, -0.1) is 0 Å². The average molecular weight is 736 g/mol. The molecule has 7 unspecified atom stereocenters. The second-order valence-electron chi connectivity index (χ2n) is 14.3. The Kier molecular flexibility index (Phi) is 18.5. The Morgan fingerprint density at radius 1 is 0.780 bits per heavy atom. The molecule has 2 aromatic rings. The number of aromatic hydroxyl groups is 2. The molecule has 279 valence electrons. The van der Waals surface area contributed by atoms with Crippen LogP contribution in [0.4, 0.5) is 0 Å². The number of aliphatic carboxylic acids is 2. The van der Waals surface area contributed by atoms with Crippen molar-refractivity contribution in [2.75, 3.05) is 0 Å². The van der Waals surface area contributed by atoms with Crippen molar-refractivity contribution in [1.82, 2.24) is 0 Å². The Balaban J connectivity index is 0.00000125. The third-order valence-electron chi connectivity index (χ3n) is 10.7. The molecule has 2 aliphatic rings. The number of hydrogen-bond acceptors (Lipinski definition) is 8. The molecule has 1 radical (unpaired) electrons. The van der Waals surface area contributed by atoms with Crippen LogP contribution in [0.3, 0.4) is 0 Å². The Morgan fingerprint density at radius 3 is 1.56 bits per heavy atom. The number of carbonyl (C=O) groups is 2. The van der Waals surface area contributed by atoms with Crippen molar-refractivity contribution in [2.45, 2.75) is 156 Å². The largest absolute Gasteiger partial charge is 2.00 e. The zero-order valence-corrected chi connectivity index (χ0v) is 32.9. The molecule has 2 fully saturated rings. The number of fused-ring (bicyclic) bond motifs is 2. The fraction of sp³-hybridized carbons (Fsp3) is 0.610. The number of carbonyl (C=O) groups excluding carboxylic acids is 2. The van der Waals surface area contributed by atoms with E-state index in [2.05, 4.69) is 79.7 Å². The molecule has 8 nitrogen and oxygen atoms in total. The van der Waals surface area contributed by atoms with Crippen molar-refractivity contribution < 1.29 is 46.8 Å². The van der Waals surface area contributed by atoms with Gasteiger partial charge in [0.15, 0.2) is 0 Å². The number of carboxylic acids is 2. The molecule has 2 aromatic carbocycles. The van der Waals surface area contributed by atoms with Gasteiger partial charge in [0.25, 0.3) is 0 Å². The van der Waals surface area contributed by atoms with Gasteiger partial charge in [-0.1, -0.05) is 67.5 Å². The van der Waals surface area contributed by atoms with E-state index in [-0.39, 0.29) is 28.4 Å². The Hall–Kier alpha value is -3.17. The zero-order valence-electron chi connectivity index (χ0n) is 31.8. The van der Waals surface area contributed by atoms with E-state index < -0.39 is 11.9 Å². The van der Waals surface area contributed by atoms with E-state index in [0.717, 1.165) is 81.0 Å². The van der Waals surface area contributed by atoms with E-state index in [0.29, 0.717) is 41.1 Å². The van der Waals surface area contributed by atoms with Crippen molar-refractivity contribution in [1.29, 1.82) is 0 Å². The van der Waals surface area contributed by atoms with Gasteiger partial charge in [-0.3, -0.25) is 9.98 Å². The van der Waals surface area contributed by atoms with E-state index in [1.165, 1.54) is 17.5 Å². The molecule has 0 spiro atoms. The second kappa shape index (κ2) is 20.6. The molecular weight excluding hydrogens is 675 g/mol. The van der Waals surface area contributed by atoms with Gasteiger partial charge >= 0.3 is 16.8 Å². The minimum atomic E-state index is -1.08. The van der Waals surface area contributed by atoms with Gasteiger partial charge < -0.3 is 30.0 Å². The number of nitrogens with zero attached hydrogens (tertiary/aromatic N) is 2. The number of phenolic OH excluding ortho intramolecular Hbond substituents is 2. The maximum atomic E-state index is 11.3. The minimum Gasteiger partial charge on any atom is -0.550 e. The molecule has 7 atom stereocenters. The van der Waals surface area contributed by atoms with Crippen molar-refractivity contribution in [3.63, 3.8) is 0 Å². The summed E-state index contributed by atoms with van der Waals surface area (Å²) in [7, 11) is 0. The second-order valence-corrected chi connectivity index (χ2v) is 14.3. The first-order valence-electron chi connectivity index (χ1n) is 18.2. The Labute approximate surface area is 311 Å². The number of aliphatic imine (C=N–C) groups is 2. The summed E-state index contributed by atoms with van der Waals surface area (Å²) >= 11 is 0. The summed E-state index contributed by atoms with van der Waals surface area (Å²) in [5.74, 6) is 0.683. The topological polar surface area (TPSA) is 145 Å². The maximum absolute atomic E-state index is 11.3. The number of carboxylic acid groups (broad SMARTS) is 2. The molecule has 4 rings (SSSR count). The van der Waals surface area contributed by atoms with Crippen molar-refractivity contribution in [3.05, 3.63) is 57.6 Å². The van der Waals surface area contributed by atoms with Gasteiger partial charge in [0.1, 0.15) is 11.5 Å². The van der Waals surface area contributed by atoms with E-state index in [4.69, 9.17) is 29.8 Å². The van der Waals surface area contributed by atoms with E-state index >= 15 is 0 Å². The van der Waals surface area contributed by atoms with E-state index in [1.807, 2.05) is 12.4 Å². The van der Waals surface area contributed by atoms with Gasteiger partial charge in [-0.2, -0.15) is 0 Å². The van der Waals surface area contributed by atoms with Crippen LogP contribution in [0.5, 0.6) is 11.5 Å². The first-order valence-corrected chi connectivity index (χ1v) is 18.2. The smallest absolute Gasteiger partial charge is 0.550 e. The third kappa shape index (κ3) is 12.0. The van der Waals surface area contributed by atoms with Crippen LogP contribution in [0.25, 0.3) is 0 Å². The van der Waals surface area contributed by atoms with Crippen LogP contribution in [0.2, 0.25) is 0 Å². The first kappa shape index (κ1) is 44.8. The molecule has 50 heavy (non-hydrogen) atoms. The standard InChI is InChI=1S/C37H54N2O2.2C2H4O2.Co/c1-9-23(5)28-16-30(35(40)32(18-28)25(7)11-3)21-38-34-15-27-13-14-37(34,20-27)39-22-31-17-29(24(6)10-2)19-33(36(31)41)26(8)12-4;2*1-2(3)4;/h16-19,21-27,34,40-41H,9-15,20H2,1-8H3;2*1H3,(H,3,4);/q;;;+2/p-2. The summed E-state index contributed by atoms with van der Waals surface area (Å²) in [5.41, 5.74) is 6.04. The summed E-state index contributed by atoms with van der Waals surface area (Å²) in [6, 6.07) is 8.77. The van der Waals surface area contributed by atoms with Gasteiger partial charge in [0, 0.05) is 35.5 Å². The average Bonchev–Trinajstić information content (AvgIpc) is 3.64. The fourth-order valence-electron chi connectivity index (χ4n) is 6.81. The molecule has 0 amide bonds. The normalized spacial score (nSPS) is 21.7. The summed E-state index contributed by atoms with van der Waals surface area (Å²) in [6.07, 6.45) is 12.3. The van der Waals surface area contributed by atoms with Crippen LogP contribution < -0.4 is 10.2 Å². The van der Waals surface area contributed by atoms with Crippen LogP contribution in [0.15, 0.2) is 34.3 Å². The summed E-state index contributed by atoms with van der Waals surface area (Å²) in [5, 5.41) is 40.3. The van der Waals surface area contributed by atoms with Crippen molar-refractivity contribution in [2.24, 2.45) is 15.9 Å². The summed E-state index contributed by atoms with van der Waals surface area (Å²) in [4.78, 5) is 28.2. The molecule has 0 aromatic heterocycles. The first-order chi connectivity index (χ1) is 23.0. The van der Waals surface area contributed by atoms with Gasteiger partial charge in [-0.25, -0.2) is 0 Å². The summed E-state index contributed by atoms with van der Waals surface area (Å²) in [6.45, 7) is 19.6. The van der Waals surface area contributed by atoms with Crippen LogP contribution in [0, 0.1) is 5.92 Å². The fourth-order valence-corrected chi connectivity index (χ4v) is 6.81. The molecule has 2 bridgehead atoms. The van der Waals surface area contributed by atoms with Crippen molar-refractivity contribution in [3.8, 4) is 11.5 Å². The van der Waals surface area contributed by atoms with E-state index in [9.17, 15) is 10.2 Å². The maximum Gasteiger partial charge on any atom is 2.00 e. The van der Waals surface area contributed by atoms with Crippen molar-refractivity contribution >= 4 is 24.4 Å².